The SMILES string of the molecule is CCOC(=O)c1nc2c(Cl)nccn2c1N. The number of nitrogens with two attached hydrogens (primary N) is 1. The number of nitrogens with zero attached hydrogens (tertiary/aromatic N) is 3. The third-order valence-corrected chi connectivity index (χ3v) is 2.27. The van der Waals surface area contributed by atoms with Crippen molar-refractivity contribution >= 4 is 29.0 Å². The molecule has 0 unspecified atom stereocenters. The van der Waals surface area contributed by atoms with E-state index in [4.69, 9.17) is 22.1 Å². The third-order valence-electron chi connectivity index (χ3n) is 2.00. The van der Waals surface area contributed by atoms with Crippen LogP contribution >= 0.6 is 11.6 Å². The fourth-order valence-electron chi connectivity index (χ4n) is 1.31. The Bertz CT molecular complexity index is 552. The molecule has 0 aliphatic heterocycles. The molecule has 0 amide bonds. The number of carbonyl (C=O) groups is 1. The van der Waals surface area contributed by atoms with Crippen LogP contribution in [0.15, 0.2) is 12.4 Å². The summed E-state index contributed by atoms with van der Waals surface area (Å²) in [5.41, 5.74) is 6.14. The minimum Gasteiger partial charge on any atom is -0.461 e. The summed E-state index contributed by atoms with van der Waals surface area (Å²) in [6.45, 7) is 1.97. The fourth-order valence-corrected chi connectivity index (χ4v) is 1.50. The van der Waals surface area contributed by atoms with Crippen LogP contribution in [-0.2, 0) is 4.74 Å². The van der Waals surface area contributed by atoms with Crippen molar-refractivity contribution in [3.8, 4) is 0 Å². The number of rotatable bonds is 2. The second kappa shape index (κ2) is 3.97. The maximum atomic E-state index is 11.5. The second-order valence-corrected chi connectivity index (χ2v) is 3.34. The minimum atomic E-state index is -0.570. The van der Waals surface area contributed by atoms with Crippen LogP contribution in [0.3, 0.4) is 0 Å². The Morgan fingerprint density at radius 3 is 3.06 bits per heavy atom. The van der Waals surface area contributed by atoms with Gasteiger partial charge in [-0.3, -0.25) is 4.40 Å². The Hall–Kier alpha value is -1.82. The number of nitrogen functional groups attached to an aromatic ring is 1. The Kier molecular flexibility index (Phi) is 2.66. The molecule has 6 nitrogen and oxygen atoms in total. The maximum absolute atomic E-state index is 11.5. The first-order valence-corrected chi connectivity index (χ1v) is 4.98. The van der Waals surface area contributed by atoms with Gasteiger partial charge in [-0.25, -0.2) is 14.8 Å². The minimum absolute atomic E-state index is 0.0525. The van der Waals surface area contributed by atoms with Crippen LogP contribution in [0.5, 0.6) is 0 Å². The highest BCUT2D eigenvalue weighted by Gasteiger charge is 2.19. The molecule has 0 spiro atoms. The monoisotopic (exact) mass is 240 g/mol. The van der Waals surface area contributed by atoms with E-state index >= 15 is 0 Å². The van der Waals surface area contributed by atoms with Gasteiger partial charge in [0.25, 0.3) is 0 Å². The normalized spacial score (nSPS) is 10.6. The average Bonchev–Trinajstić information content (AvgIpc) is 2.59. The van der Waals surface area contributed by atoms with Crippen molar-refractivity contribution in [2.24, 2.45) is 0 Å². The van der Waals surface area contributed by atoms with Gasteiger partial charge in [0.2, 0.25) is 0 Å². The molecule has 0 bridgehead atoms. The quantitative estimate of drug-likeness (QED) is 0.796. The summed E-state index contributed by atoms with van der Waals surface area (Å²) in [6, 6.07) is 0. The topological polar surface area (TPSA) is 82.5 Å². The third kappa shape index (κ3) is 1.57. The zero-order chi connectivity index (χ0) is 11.7. The molecule has 0 saturated carbocycles. The van der Waals surface area contributed by atoms with Crippen LogP contribution in [-0.4, -0.2) is 26.9 Å². The lowest BCUT2D eigenvalue weighted by Crippen LogP contribution is -2.08. The number of carbonyl (C=O) groups excluding carboxylic acids is 1. The van der Waals surface area contributed by atoms with Crippen LogP contribution < -0.4 is 5.73 Å². The summed E-state index contributed by atoms with van der Waals surface area (Å²) in [6.07, 6.45) is 3.05. The van der Waals surface area contributed by atoms with E-state index in [2.05, 4.69) is 9.97 Å². The van der Waals surface area contributed by atoms with Crippen LogP contribution in [0.25, 0.3) is 5.65 Å². The molecule has 0 aromatic carbocycles. The molecule has 2 N–H and O–H groups in total. The highest BCUT2D eigenvalue weighted by molar-refractivity contribution is 6.32. The Labute approximate surface area is 96.0 Å². The number of imidazole rings is 1. The van der Waals surface area contributed by atoms with E-state index in [-0.39, 0.29) is 23.3 Å². The molecule has 2 rings (SSSR count). The first-order chi connectivity index (χ1) is 7.65. The van der Waals surface area contributed by atoms with Crippen molar-refractivity contribution < 1.29 is 9.53 Å². The molecule has 84 valence electrons. The lowest BCUT2D eigenvalue weighted by molar-refractivity contribution is 0.0521. The van der Waals surface area contributed by atoms with E-state index in [0.29, 0.717) is 5.65 Å². The number of hydrogen-bond donors (Lipinski definition) is 1. The number of anilines is 1. The summed E-state index contributed by atoms with van der Waals surface area (Å²) in [7, 11) is 0. The van der Waals surface area contributed by atoms with Gasteiger partial charge < -0.3 is 10.5 Å². The van der Waals surface area contributed by atoms with E-state index in [1.165, 1.54) is 10.6 Å². The lowest BCUT2D eigenvalue weighted by atomic mass is 10.4. The molecule has 2 aromatic rings. The van der Waals surface area contributed by atoms with Gasteiger partial charge in [0, 0.05) is 12.4 Å². The van der Waals surface area contributed by atoms with Gasteiger partial charge in [-0.2, -0.15) is 0 Å². The Morgan fingerprint density at radius 1 is 1.69 bits per heavy atom. The number of halogens is 1. The first kappa shape index (κ1) is 10.7. The van der Waals surface area contributed by atoms with Gasteiger partial charge in [-0.1, -0.05) is 11.6 Å². The standard InChI is InChI=1S/C9H9ClN4O2/c1-2-16-9(15)5-7(11)14-4-3-12-6(10)8(14)13-5/h3-4H,2,11H2,1H3. The molecule has 0 aliphatic carbocycles. The average molecular weight is 241 g/mol. The summed E-state index contributed by atoms with van der Waals surface area (Å²) >= 11 is 5.82. The van der Waals surface area contributed by atoms with Gasteiger partial charge in [0.05, 0.1) is 6.61 Å². The van der Waals surface area contributed by atoms with E-state index < -0.39 is 5.97 Å². The van der Waals surface area contributed by atoms with Crippen molar-refractivity contribution in [2.45, 2.75) is 6.92 Å². The van der Waals surface area contributed by atoms with Crippen LogP contribution in [0.2, 0.25) is 5.15 Å². The van der Waals surface area contributed by atoms with Crippen LogP contribution in [0, 0.1) is 0 Å². The molecule has 0 aliphatic rings. The molecule has 0 fully saturated rings. The van der Waals surface area contributed by atoms with Crippen LogP contribution in [0.4, 0.5) is 5.82 Å². The number of aromatic nitrogens is 3. The fraction of sp³-hybridized carbons (Fsp3) is 0.222. The molecule has 16 heavy (non-hydrogen) atoms. The second-order valence-electron chi connectivity index (χ2n) is 2.98. The summed E-state index contributed by atoms with van der Waals surface area (Å²) in [5.74, 6) is -0.377. The molecule has 0 atom stereocenters. The van der Waals surface area contributed by atoms with E-state index in [1.807, 2.05) is 0 Å². The largest absolute Gasteiger partial charge is 0.461 e. The maximum Gasteiger partial charge on any atom is 0.360 e. The van der Waals surface area contributed by atoms with Gasteiger partial charge in [0.1, 0.15) is 5.82 Å². The van der Waals surface area contributed by atoms with Crippen LogP contribution in [0.1, 0.15) is 17.4 Å². The molecule has 7 heteroatoms. The van der Waals surface area contributed by atoms with Crippen molar-refractivity contribution in [1.82, 2.24) is 14.4 Å². The lowest BCUT2D eigenvalue weighted by Gasteiger charge is -1.98. The highest BCUT2D eigenvalue weighted by Crippen LogP contribution is 2.20. The number of fused-ring (bicyclic) bond motifs is 1. The van der Waals surface area contributed by atoms with Gasteiger partial charge in [0.15, 0.2) is 16.5 Å². The predicted molar refractivity (Wildman–Crippen MR) is 58.4 cm³/mol. The van der Waals surface area contributed by atoms with E-state index in [1.54, 1.807) is 13.1 Å². The van der Waals surface area contributed by atoms with Gasteiger partial charge >= 0.3 is 5.97 Å². The highest BCUT2D eigenvalue weighted by atomic mass is 35.5. The van der Waals surface area contributed by atoms with Crippen molar-refractivity contribution in [3.63, 3.8) is 0 Å². The van der Waals surface area contributed by atoms with E-state index in [9.17, 15) is 4.79 Å². The Morgan fingerprint density at radius 2 is 2.44 bits per heavy atom. The number of hydrogen-bond acceptors (Lipinski definition) is 5. The number of ether oxygens (including phenoxy) is 1. The first-order valence-electron chi connectivity index (χ1n) is 4.60. The molecular formula is C9H9ClN4O2. The molecular weight excluding hydrogens is 232 g/mol. The smallest absolute Gasteiger partial charge is 0.360 e. The van der Waals surface area contributed by atoms with Gasteiger partial charge in [-0.15, -0.1) is 0 Å². The molecule has 2 heterocycles. The molecule has 0 saturated heterocycles. The molecule has 2 aromatic heterocycles. The number of esters is 1. The van der Waals surface area contributed by atoms with Crippen molar-refractivity contribution in [2.75, 3.05) is 12.3 Å². The zero-order valence-corrected chi connectivity index (χ0v) is 9.23. The van der Waals surface area contributed by atoms with Gasteiger partial charge in [-0.05, 0) is 6.92 Å². The predicted octanol–water partition coefficient (Wildman–Crippen LogP) is 1.14. The van der Waals surface area contributed by atoms with Crippen molar-refractivity contribution in [3.05, 3.63) is 23.2 Å². The zero-order valence-electron chi connectivity index (χ0n) is 8.48. The summed E-state index contributed by atoms with van der Waals surface area (Å²) in [5, 5.41) is 0.185. The molecule has 0 radical (unpaired) electrons. The summed E-state index contributed by atoms with van der Waals surface area (Å²) < 4.78 is 6.31. The van der Waals surface area contributed by atoms with E-state index in [0.717, 1.165) is 0 Å². The Balaban J connectivity index is 2.60. The van der Waals surface area contributed by atoms with Crippen molar-refractivity contribution in [1.29, 1.82) is 0 Å². The summed E-state index contributed by atoms with van der Waals surface area (Å²) in [4.78, 5) is 19.3.